The second-order valence-electron chi connectivity index (χ2n) is 6.15. The summed E-state index contributed by atoms with van der Waals surface area (Å²) in [5.74, 6) is 0.769. The van der Waals surface area contributed by atoms with Gasteiger partial charge in [0.1, 0.15) is 0 Å². The molecule has 2 heteroatoms. The van der Waals surface area contributed by atoms with E-state index in [0.717, 1.165) is 5.92 Å². The van der Waals surface area contributed by atoms with Crippen LogP contribution in [0.4, 0.5) is 0 Å². The van der Waals surface area contributed by atoms with E-state index in [9.17, 15) is 0 Å². The van der Waals surface area contributed by atoms with E-state index in [4.69, 9.17) is 0 Å². The fraction of sp³-hybridized carbons (Fsp3) is 1.00. The van der Waals surface area contributed by atoms with Gasteiger partial charge >= 0.3 is 0 Å². The minimum atomic E-state index is 0.499. The summed E-state index contributed by atoms with van der Waals surface area (Å²) in [6.07, 6.45) is 1.33. The molecule has 0 aromatic heterocycles. The molecular formula is C13H28N2. The summed E-state index contributed by atoms with van der Waals surface area (Å²) in [4.78, 5) is 2.64. The molecule has 0 saturated carbocycles. The Balaban J connectivity index is 2.49. The molecule has 0 spiro atoms. The van der Waals surface area contributed by atoms with Crippen LogP contribution < -0.4 is 5.32 Å². The molecule has 0 bridgehead atoms. The lowest BCUT2D eigenvalue weighted by atomic mass is 9.88. The van der Waals surface area contributed by atoms with Gasteiger partial charge in [0.15, 0.2) is 0 Å². The van der Waals surface area contributed by atoms with E-state index in [1.807, 2.05) is 0 Å². The van der Waals surface area contributed by atoms with Gasteiger partial charge in [0.25, 0.3) is 0 Å². The lowest BCUT2D eigenvalue weighted by molar-refractivity contribution is 0.130. The molecule has 1 saturated heterocycles. The van der Waals surface area contributed by atoms with Crippen LogP contribution in [0.2, 0.25) is 0 Å². The molecule has 15 heavy (non-hydrogen) atoms. The Hall–Kier alpha value is -0.0800. The zero-order chi connectivity index (χ0) is 11.5. The Morgan fingerprint density at radius 2 is 1.93 bits per heavy atom. The normalized spacial score (nSPS) is 27.2. The fourth-order valence-electron chi connectivity index (χ4n) is 2.42. The first-order chi connectivity index (χ1) is 6.93. The number of rotatable bonds is 5. The molecule has 1 aliphatic rings. The van der Waals surface area contributed by atoms with Crippen molar-refractivity contribution in [3.8, 4) is 0 Å². The van der Waals surface area contributed by atoms with E-state index in [2.05, 4.69) is 44.8 Å². The van der Waals surface area contributed by atoms with Gasteiger partial charge in [0.2, 0.25) is 0 Å². The molecule has 0 aromatic rings. The molecule has 1 atom stereocenters. The summed E-state index contributed by atoms with van der Waals surface area (Å²) < 4.78 is 0. The fourth-order valence-corrected chi connectivity index (χ4v) is 2.42. The van der Waals surface area contributed by atoms with Crippen molar-refractivity contribution in [2.75, 3.05) is 26.2 Å². The molecule has 2 nitrogen and oxygen atoms in total. The molecule has 90 valence electrons. The zero-order valence-corrected chi connectivity index (χ0v) is 11.1. The third-order valence-corrected chi connectivity index (χ3v) is 3.37. The standard InChI is InChI=1S/C13H28N2/c1-11(2)8-15(12(3)4)10-13(5)6-7-14-9-13/h11-12,14H,6-10H2,1-5H3. The second kappa shape index (κ2) is 5.31. The van der Waals surface area contributed by atoms with Gasteiger partial charge in [-0.05, 0) is 38.1 Å². The smallest absolute Gasteiger partial charge is 0.00508 e. The highest BCUT2D eigenvalue weighted by Gasteiger charge is 2.31. The number of hydrogen-bond donors (Lipinski definition) is 1. The van der Waals surface area contributed by atoms with Gasteiger partial charge in [-0.15, -0.1) is 0 Å². The van der Waals surface area contributed by atoms with Crippen LogP contribution in [0.1, 0.15) is 41.0 Å². The van der Waals surface area contributed by atoms with Crippen molar-refractivity contribution < 1.29 is 0 Å². The molecule has 0 aromatic carbocycles. The minimum absolute atomic E-state index is 0.499. The molecular weight excluding hydrogens is 184 g/mol. The van der Waals surface area contributed by atoms with E-state index in [0.29, 0.717) is 11.5 Å². The summed E-state index contributed by atoms with van der Waals surface area (Å²) >= 11 is 0. The van der Waals surface area contributed by atoms with Crippen molar-refractivity contribution in [1.82, 2.24) is 10.2 Å². The van der Waals surface area contributed by atoms with Crippen molar-refractivity contribution in [1.29, 1.82) is 0 Å². The molecule has 1 aliphatic heterocycles. The van der Waals surface area contributed by atoms with Crippen molar-refractivity contribution in [2.24, 2.45) is 11.3 Å². The average molecular weight is 212 g/mol. The lowest BCUT2D eigenvalue weighted by Gasteiger charge is -2.35. The Morgan fingerprint density at radius 1 is 1.27 bits per heavy atom. The highest BCUT2D eigenvalue weighted by molar-refractivity contribution is 4.87. The Morgan fingerprint density at radius 3 is 2.33 bits per heavy atom. The largest absolute Gasteiger partial charge is 0.316 e. The van der Waals surface area contributed by atoms with Gasteiger partial charge in [-0.2, -0.15) is 0 Å². The maximum atomic E-state index is 3.48. The number of nitrogens with zero attached hydrogens (tertiary/aromatic N) is 1. The SMILES string of the molecule is CC(C)CN(CC1(C)CCNC1)C(C)C. The third-order valence-electron chi connectivity index (χ3n) is 3.37. The maximum absolute atomic E-state index is 3.48. The van der Waals surface area contributed by atoms with Gasteiger partial charge < -0.3 is 10.2 Å². The van der Waals surface area contributed by atoms with Crippen LogP contribution in [-0.2, 0) is 0 Å². The topological polar surface area (TPSA) is 15.3 Å². The molecule has 1 N–H and O–H groups in total. The van der Waals surface area contributed by atoms with Crippen LogP contribution in [-0.4, -0.2) is 37.1 Å². The monoisotopic (exact) mass is 212 g/mol. The van der Waals surface area contributed by atoms with Crippen LogP contribution >= 0.6 is 0 Å². The van der Waals surface area contributed by atoms with E-state index in [1.165, 1.54) is 32.6 Å². The Bertz CT molecular complexity index is 181. The zero-order valence-electron chi connectivity index (χ0n) is 11.1. The van der Waals surface area contributed by atoms with Crippen molar-refractivity contribution in [3.05, 3.63) is 0 Å². The second-order valence-corrected chi connectivity index (χ2v) is 6.15. The summed E-state index contributed by atoms with van der Waals surface area (Å²) in [6, 6.07) is 0.671. The molecule has 0 amide bonds. The van der Waals surface area contributed by atoms with Gasteiger partial charge in [0, 0.05) is 25.7 Å². The van der Waals surface area contributed by atoms with Crippen molar-refractivity contribution in [3.63, 3.8) is 0 Å². The molecule has 1 unspecified atom stereocenters. The van der Waals surface area contributed by atoms with Gasteiger partial charge in [-0.3, -0.25) is 0 Å². The Labute approximate surface area is 95.4 Å². The third kappa shape index (κ3) is 4.12. The summed E-state index contributed by atoms with van der Waals surface area (Å²) in [6.45, 7) is 16.5. The molecule has 1 heterocycles. The number of hydrogen-bond acceptors (Lipinski definition) is 2. The van der Waals surface area contributed by atoms with E-state index in [1.54, 1.807) is 0 Å². The number of nitrogens with one attached hydrogen (secondary N) is 1. The van der Waals surface area contributed by atoms with E-state index < -0.39 is 0 Å². The predicted molar refractivity (Wildman–Crippen MR) is 67.1 cm³/mol. The van der Waals surface area contributed by atoms with Crippen molar-refractivity contribution in [2.45, 2.75) is 47.1 Å². The minimum Gasteiger partial charge on any atom is -0.316 e. The average Bonchev–Trinajstić information content (AvgIpc) is 2.50. The quantitative estimate of drug-likeness (QED) is 0.752. The van der Waals surface area contributed by atoms with Crippen molar-refractivity contribution >= 4 is 0 Å². The first kappa shape index (κ1) is 13.0. The summed E-state index contributed by atoms with van der Waals surface area (Å²) in [5.41, 5.74) is 0.499. The molecule has 0 radical (unpaired) electrons. The highest BCUT2D eigenvalue weighted by atomic mass is 15.2. The highest BCUT2D eigenvalue weighted by Crippen LogP contribution is 2.26. The maximum Gasteiger partial charge on any atom is 0.00508 e. The van der Waals surface area contributed by atoms with Crippen LogP contribution in [0.5, 0.6) is 0 Å². The van der Waals surface area contributed by atoms with E-state index >= 15 is 0 Å². The molecule has 1 rings (SSSR count). The van der Waals surface area contributed by atoms with Crippen LogP contribution in [0, 0.1) is 11.3 Å². The van der Waals surface area contributed by atoms with Crippen LogP contribution in [0.15, 0.2) is 0 Å². The first-order valence-electron chi connectivity index (χ1n) is 6.38. The first-order valence-corrected chi connectivity index (χ1v) is 6.38. The van der Waals surface area contributed by atoms with Gasteiger partial charge in [-0.25, -0.2) is 0 Å². The van der Waals surface area contributed by atoms with Gasteiger partial charge in [-0.1, -0.05) is 20.8 Å². The Kier molecular flexibility index (Phi) is 4.60. The summed E-state index contributed by atoms with van der Waals surface area (Å²) in [5, 5.41) is 3.48. The summed E-state index contributed by atoms with van der Waals surface area (Å²) in [7, 11) is 0. The molecule has 1 fully saturated rings. The van der Waals surface area contributed by atoms with Crippen LogP contribution in [0.3, 0.4) is 0 Å². The van der Waals surface area contributed by atoms with Crippen LogP contribution in [0.25, 0.3) is 0 Å². The predicted octanol–water partition coefficient (Wildman–Crippen LogP) is 2.35. The van der Waals surface area contributed by atoms with E-state index in [-0.39, 0.29) is 0 Å². The molecule has 0 aliphatic carbocycles. The van der Waals surface area contributed by atoms with Gasteiger partial charge in [0.05, 0.1) is 0 Å². The lowest BCUT2D eigenvalue weighted by Crippen LogP contribution is -2.42.